The second kappa shape index (κ2) is 2.83. The van der Waals surface area contributed by atoms with Gasteiger partial charge in [-0.1, -0.05) is 18.2 Å². The highest BCUT2D eigenvalue weighted by molar-refractivity contribution is 5.77. The molecule has 78 valence electrons. The average molecular weight is 202 g/mol. The molecule has 0 radical (unpaired) electrons. The Kier molecular flexibility index (Phi) is 1.68. The van der Waals surface area contributed by atoms with Crippen LogP contribution in [0.3, 0.4) is 0 Å². The molecule has 1 aliphatic carbocycles. The van der Waals surface area contributed by atoms with Gasteiger partial charge in [0.25, 0.3) is 0 Å². The number of rotatable bonds is 1. The summed E-state index contributed by atoms with van der Waals surface area (Å²) in [7, 11) is 0. The molecule has 0 saturated heterocycles. The summed E-state index contributed by atoms with van der Waals surface area (Å²) in [5, 5.41) is 15.4. The van der Waals surface area contributed by atoms with Crippen LogP contribution in [0.25, 0.3) is 10.9 Å². The highest BCUT2D eigenvalue weighted by Gasteiger charge is 2.39. The third-order valence-electron chi connectivity index (χ3n) is 3.16. The fourth-order valence-electron chi connectivity index (χ4n) is 2.31. The van der Waals surface area contributed by atoms with Crippen LogP contribution in [0.1, 0.15) is 25.8 Å². The van der Waals surface area contributed by atoms with E-state index in [1.165, 1.54) is 5.39 Å². The molecular formula is C12H14N2O. The zero-order valence-corrected chi connectivity index (χ0v) is 8.72. The van der Waals surface area contributed by atoms with Crippen molar-refractivity contribution in [3.05, 3.63) is 30.5 Å². The number of aromatic nitrogens is 2. The maximum atomic E-state index is 9.68. The standard InChI is InChI=1S/C12H14N2O/c1-12(15)6-10(7-12)14-8-9-4-2-3-5-11(9)13-14/h2-5,8,10,15H,6-7H2,1H3. The minimum atomic E-state index is -0.483. The lowest BCUT2D eigenvalue weighted by atomic mass is 9.77. The summed E-state index contributed by atoms with van der Waals surface area (Å²) < 4.78 is 1.99. The van der Waals surface area contributed by atoms with Crippen molar-refractivity contribution < 1.29 is 5.11 Å². The fraction of sp³-hybridized carbons (Fsp3) is 0.417. The Morgan fingerprint density at radius 1 is 1.40 bits per heavy atom. The van der Waals surface area contributed by atoms with Gasteiger partial charge in [-0.2, -0.15) is 5.10 Å². The van der Waals surface area contributed by atoms with E-state index in [0.717, 1.165) is 18.4 Å². The van der Waals surface area contributed by atoms with Crippen molar-refractivity contribution >= 4 is 10.9 Å². The summed E-state index contributed by atoms with van der Waals surface area (Å²) in [5.41, 5.74) is 0.548. The van der Waals surface area contributed by atoms with Gasteiger partial charge in [0, 0.05) is 11.6 Å². The molecular weight excluding hydrogens is 188 g/mol. The molecule has 0 unspecified atom stereocenters. The molecule has 2 aromatic rings. The maximum Gasteiger partial charge on any atom is 0.0923 e. The van der Waals surface area contributed by atoms with Crippen molar-refractivity contribution in [2.24, 2.45) is 0 Å². The number of benzene rings is 1. The number of aliphatic hydroxyl groups is 1. The van der Waals surface area contributed by atoms with Gasteiger partial charge in [0.05, 0.1) is 17.2 Å². The first kappa shape index (κ1) is 8.92. The maximum absolute atomic E-state index is 9.68. The molecule has 1 aromatic carbocycles. The predicted octanol–water partition coefficient (Wildman–Crippen LogP) is 2.12. The molecule has 1 fully saturated rings. The highest BCUT2D eigenvalue weighted by Crippen LogP contribution is 2.40. The van der Waals surface area contributed by atoms with Crippen molar-refractivity contribution in [2.45, 2.75) is 31.4 Å². The van der Waals surface area contributed by atoms with Gasteiger partial charge in [0.2, 0.25) is 0 Å². The topological polar surface area (TPSA) is 38.0 Å². The Bertz CT molecular complexity index is 460. The minimum Gasteiger partial charge on any atom is -0.390 e. The molecule has 1 aliphatic rings. The van der Waals surface area contributed by atoms with Gasteiger partial charge >= 0.3 is 0 Å². The Hall–Kier alpha value is -1.35. The predicted molar refractivity (Wildman–Crippen MR) is 58.6 cm³/mol. The van der Waals surface area contributed by atoms with E-state index >= 15 is 0 Å². The van der Waals surface area contributed by atoms with Gasteiger partial charge < -0.3 is 5.11 Å². The second-order valence-corrected chi connectivity index (χ2v) is 4.73. The van der Waals surface area contributed by atoms with Crippen molar-refractivity contribution in [2.75, 3.05) is 0 Å². The van der Waals surface area contributed by atoms with Gasteiger partial charge in [-0.15, -0.1) is 0 Å². The van der Waals surface area contributed by atoms with E-state index in [-0.39, 0.29) is 0 Å². The Balaban J connectivity index is 1.93. The largest absolute Gasteiger partial charge is 0.390 e. The molecule has 1 saturated carbocycles. The minimum absolute atomic E-state index is 0.368. The van der Waals surface area contributed by atoms with Crippen LogP contribution in [-0.2, 0) is 0 Å². The van der Waals surface area contributed by atoms with Crippen molar-refractivity contribution in [1.29, 1.82) is 0 Å². The van der Waals surface area contributed by atoms with E-state index in [2.05, 4.69) is 17.4 Å². The van der Waals surface area contributed by atoms with E-state index in [1.807, 2.05) is 29.8 Å². The van der Waals surface area contributed by atoms with Crippen LogP contribution in [0.5, 0.6) is 0 Å². The molecule has 15 heavy (non-hydrogen) atoms. The molecule has 3 heteroatoms. The summed E-state index contributed by atoms with van der Waals surface area (Å²) in [4.78, 5) is 0. The zero-order valence-electron chi connectivity index (χ0n) is 8.72. The normalized spacial score (nSPS) is 30.4. The monoisotopic (exact) mass is 202 g/mol. The van der Waals surface area contributed by atoms with Crippen LogP contribution in [0, 0.1) is 0 Å². The van der Waals surface area contributed by atoms with Crippen molar-refractivity contribution in [1.82, 2.24) is 9.78 Å². The molecule has 1 aromatic heterocycles. The fourth-order valence-corrected chi connectivity index (χ4v) is 2.31. The molecule has 0 bridgehead atoms. The summed E-state index contributed by atoms with van der Waals surface area (Å²) >= 11 is 0. The lowest BCUT2D eigenvalue weighted by Gasteiger charge is -2.40. The van der Waals surface area contributed by atoms with Crippen molar-refractivity contribution in [3.63, 3.8) is 0 Å². The van der Waals surface area contributed by atoms with E-state index in [0.29, 0.717) is 6.04 Å². The molecule has 0 amide bonds. The Labute approximate surface area is 88.3 Å². The number of fused-ring (bicyclic) bond motifs is 1. The lowest BCUT2D eigenvalue weighted by Crippen LogP contribution is -2.42. The van der Waals surface area contributed by atoms with Crippen LogP contribution in [0.2, 0.25) is 0 Å². The average Bonchev–Trinajstić information content (AvgIpc) is 2.56. The smallest absolute Gasteiger partial charge is 0.0923 e. The lowest BCUT2D eigenvalue weighted by molar-refractivity contribution is -0.0541. The first-order valence-corrected chi connectivity index (χ1v) is 5.30. The van der Waals surface area contributed by atoms with Crippen LogP contribution in [0.4, 0.5) is 0 Å². The zero-order chi connectivity index (χ0) is 10.5. The van der Waals surface area contributed by atoms with Crippen LogP contribution in [0.15, 0.2) is 30.5 Å². The van der Waals surface area contributed by atoms with Gasteiger partial charge in [-0.05, 0) is 25.8 Å². The van der Waals surface area contributed by atoms with Gasteiger partial charge in [0.1, 0.15) is 0 Å². The van der Waals surface area contributed by atoms with Crippen LogP contribution in [-0.4, -0.2) is 20.5 Å². The SMILES string of the molecule is CC1(O)CC(n2cc3ccccc3n2)C1. The van der Waals surface area contributed by atoms with Crippen molar-refractivity contribution in [3.8, 4) is 0 Å². The van der Waals surface area contributed by atoms with Crippen LogP contribution < -0.4 is 0 Å². The van der Waals surface area contributed by atoms with E-state index in [4.69, 9.17) is 0 Å². The molecule has 0 aliphatic heterocycles. The molecule has 3 rings (SSSR count). The molecule has 1 N–H and O–H groups in total. The third-order valence-corrected chi connectivity index (χ3v) is 3.16. The first-order chi connectivity index (χ1) is 7.14. The second-order valence-electron chi connectivity index (χ2n) is 4.73. The molecule has 3 nitrogen and oxygen atoms in total. The summed E-state index contributed by atoms with van der Waals surface area (Å²) in [6.45, 7) is 1.88. The number of hydrogen-bond donors (Lipinski definition) is 1. The number of hydrogen-bond acceptors (Lipinski definition) is 2. The Morgan fingerprint density at radius 3 is 2.80 bits per heavy atom. The van der Waals surface area contributed by atoms with Crippen LogP contribution >= 0.6 is 0 Å². The summed E-state index contributed by atoms with van der Waals surface area (Å²) in [6.07, 6.45) is 3.68. The summed E-state index contributed by atoms with van der Waals surface area (Å²) in [5.74, 6) is 0. The van der Waals surface area contributed by atoms with E-state index in [1.54, 1.807) is 0 Å². The highest BCUT2D eigenvalue weighted by atomic mass is 16.3. The summed E-state index contributed by atoms with van der Waals surface area (Å²) in [6, 6.07) is 8.47. The molecule has 0 atom stereocenters. The number of nitrogens with zero attached hydrogens (tertiary/aromatic N) is 2. The quantitative estimate of drug-likeness (QED) is 0.769. The Morgan fingerprint density at radius 2 is 2.13 bits per heavy atom. The van der Waals surface area contributed by atoms with E-state index < -0.39 is 5.60 Å². The van der Waals surface area contributed by atoms with Gasteiger partial charge in [-0.25, -0.2) is 0 Å². The third kappa shape index (κ3) is 1.43. The molecule has 1 heterocycles. The van der Waals surface area contributed by atoms with E-state index in [9.17, 15) is 5.11 Å². The van der Waals surface area contributed by atoms with Gasteiger partial charge in [-0.3, -0.25) is 4.68 Å². The van der Waals surface area contributed by atoms with Gasteiger partial charge in [0.15, 0.2) is 0 Å². The first-order valence-electron chi connectivity index (χ1n) is 5.30. The molecule has 0 spiro atoms.